The van der Waals surface area contributed by atoms with Crippen LogP contribution < -0.4 is 10.2 Å². The Morgan fingerprint density at radius 2 is 1.97 bits per heavy atom. The quantitative estimate of drug-likeness (QED) is 0.806. The number of nitrogens with zero attached hydrogens (tertiary/aromatic N) is 2. The minimum absolute atomic E-state index is 0.0461. The Morgan fingerprint density at radius 3 is 2.62 bits per heavy atom. The van der Waals surface area contributed by atoms with Crippen LogP contribution in [0.5, 0.6) is 0 Å². The molecule has 0 aliphatic carbocycles. The van der Waals surface area contributed by atoms with Gasteiger partial charge in [-0.05, 0) is 55.3 Å². The average molecular weight is 419 g/mol. The smallest absolute Gasteiger partial charge is 0.243 e. The molecular formula is C20H22FN3O4S. The highest BCUT2D eigenvalue weighted by atomic mass is 32.2. The Morgan fingerprint density at radius 1 is 1.24 bits per heavy atom. The van der Waals surface area contributed by atoms with Gasteiger partial charge in [0.05, 0.1) is 11.4 Å². The van der Waals surface area contributed by atoms with Gasteiger partial charge >= 0.3 is 0 Å². The van der Waals surface area contributed by atoms with E-state index in [0.717, 1.165) is 15.9 Å². The van der Waals surface area contributed by atoms with Gasteiger partial charge in [-0.2, -0.15) is 4.31 Å². The largest absolute Gasteiger partial charge is 0.325 e. The van der Waals surface area contributed by atoms with E-state index in [4.69, 9.17) is 0 Å². The molecule has 0 radical (unpaired) electrons. The summed E-state index contributed by atoms with van der Waals surface area (Å²) in [6.45, 7) is 2.95. The SMILES string of the molecule is CC(=O)N1c2ccc(S(=O)(=O)N(C)CC(=O)Nc3cccc(F)c3)cc2C[C@H]1C. The number of sulfonamides is 1. The average Bonchev–Trinajstić information content (AvgIpc) is 2.96. The minimum Gasteiger partial charge on any atom is -0.325 e. The number of carbonyl (C=O) groups excluding carboxylic acids is 2. The van der Waals surface area contributed by atoms with Gasteiger partial charge in [0, 0.05) is 31.4 Å². The molecule has 0 aromatic heterocycles. The molecule has 0 bridgehead atoms. The summed E-state index contributed by atoms with van der Waals surface area (Å²) in [5, 5.41) is 2.47. The molecule has 0 spiro atoms. The summed E-state index contributed by atoms with van der Waals surface area (Å²) in [4.78, 5) is 25.7. The second-order valence-electron chi connectivity index (χ2n) is 7.05. The lowest BCUT2D eigenvalue weighted by molar-refractivity contribution is -0.117. The molecule has 1 aliphatic heterocycles. The third kappa shape index (κ3) is 4.30. The molecule has 7 nitrogen and oxygen atoms in total. The van der Waals surface area contributed by atoms with Crippen molar-refractivity contribution >= 4 is 33.2 Å². The molecule has 2 aromatic rings. The zero-order valence-corrected chi connectivity index (χ0v) is 17.2. The summed E-state index contributed by atoms with van der Waals surface area (Å²) in [6, 6.07) is 9.90. The molecule has 1 heterocycles. The van der Waals surface area contributed by atoms with E-state index in [2.05, 4.69) is 5.32 Å². The molecule has 2 amide bonds. The number of hydrogen-bond donors (Lipinski definition) is 1. The molecule has 1 atom stereocenters. The maximum absolute atomic E-state index is 13.2. The number of benzene rings is 2. The molecular weight excluding hydrogens is 397 g/mol. The molecule has 9 heteroatoms. The molecule has 2 aromatic carbocycles. The molecule has 1 aliphatic rings. The second-order valence-corrected chi connectivity index (χ2v) is 9.10. The number of rotatable bonds is 5. The van der Waals surface area contributed by atoms with Crippen molar-refractivity contribution in [2.75, 3.05) is 23.8 Å². The number of hydrogen-bond acceptors (Lipinski definition) is 4. The molecule has 1 N–H and O–H groups in total. The van der Waals surface area contributed by atoms with Crippen LogP contribution in [0.2, 0.25) is 0 Å². The van der Waals surface area contributed by atoms with Gasteiger partial charge in [-0.15, -0.1) is 0 Å². The number of anilines is 2. The number of halogens is 1. The Balaban J connectivity index is 1.76. The summed E-state index contributed by atoms with van der Waals surface area (Å²) in [7, 11) is -2.61. The zero-order chi connectivity index (χ0) is 21.3. The number of nitrogens with one attached hydrogen (secondary N) is 1. The predicted octanol–water partition coefficient (Wildman–Crippen LogP) is 2.38. The van der Waals surface area contributed by atoms with Crippen LogP contribution in [0.1, 0.15) is 19.4 Å². The number of carbonyl (C=O) groups is 2. The van der Waals surface area contributed by atoms with Crippen LogP contribution in [-0.2, 0) is 26.0 Å². The van der Waals surface area contributed by atoms with Gasteiger partial charge in [-0.25, -0.2) is 12.8 Å². The van der Waals surface area contributed by atoms with Crippen LogP contribution in [-0.4, -0.2) is 44.2 Å². The number of amides is 2. The lowest BCUT2D eigenvalue weighted by Crippen LogP contribution is -2.35. The molecule has 154 valence electrons. The summed E-state index contributed by atoms with van der Waals surface area (Å²) in [5.74, 6) is -1.19. The maximum Gasteiger partial charge on any atom is 0.243 e. The molecule has 0 unspecified atom stereocenters. The second kappa shape index (κ2) is 7.92. The summed E-state index contributed by atoms with van der Waals surface area (Å²) in [6.07, 6.45) is 0.558. The van der Waals surface area contributed by atoms with E-state index in [0.29, 0.717) is 12.1 Å². The van der Waals surface area contributed by atoms with Gasteiger partial charge in [0.25, 0.3) is 0 Å². The Hall–Kier alpha value is -2.78. The zero-order valence-electron chi connectivity index (χ0n) is 16.3. The van der Waals surface area contributed by atoms with Crippen molar-refractivity contribution in [3.63, 3.8) is 0 Å². The lowest BCUT2D eigenvalue weighted by Gasteiger charge is -2.21. The Bertz CT molecular complexity index is 1070. The number of likely N-dealkylation sites (N-methyl/N-ethyl adjacent to an activating group) is 1. The van der Waals surface area contributed by atoms with E-state index >= 15 is 0 Å². The van der Waals surface area contributed by atoms with Gasteiger partial charge < -0.3 is 10.2 Å². The first-order chi connectivity index (χ1) is 13.6. The van der Waals surface area contributed by atoms with Gasteiger partial charge in [-0.3, -0.25) is 9.59 Å². The van der Waals surface area contributed by atoms with Crippen molar-refractivity contribution in [1.82, 2.24) is 4.31 Å². The fourth-order valence-corrected chi connectivity index (χ4v) is 4.66. The fraction of sp³-hybridized carbons (Fsp3) is 0.300. The van der Waals surface area contributed by atoms with Crippen molar-refractivity contribution in [1.29, 1.82) is 0 Å². The topological polar surface area (TPSA) is 86.8 Å². The van der Waals surface area contributed by atoms with Crippen molar-refractivity contribution in [2.24, 2.45) is 0 Å². The molecule has 29 heavy (non-hydrogen) atoms. The highest BCUT2D eigenvalue weighted by Gasteiger charge is 2.31. The molecule has 3 rings (SSSR count). The monoisotopic (exact) mass is 419 g/mol. The molecule has 0 fully saturated rings. The van der Waals surface area contributed by atoms with Crippen molar-refractivity contribution in [3.8, 4) is 0 Å². The number of fused-ring (bicyclic) bond motifs is 1. The predicted molar refractivity (Wildman–Crippen MR) is 108 cm³/mol. The molecule has 0 saturated heterocycles. The standard InChI is InChI=1S/C20H22FN3O4S/c1-13-9-15-10-18(7-8-19(15)24(13)14(2)25)29(27,28)23(3)12-20(26)22-17-6-4-5-16(21)11-17/h4-8,10-11,13H,9,12H2,1-3H3,(H,22,26)/t13-/m1/s1. The highest BCUT2D eigenvalue weighted by Crippen LogP contribution is 2.34. The van der Waals surface area contributed by atoms with Crippen LogP contribution in [0.15, 0.2) is 47.4 Å². The Kier molecular flexibility index (Phi) is 5.72. The summed E-state index contributed by atoms with van der Waals surface area (Å²) in [5.41, 5.74) is 1.72. The van der Waals surface area contributed by atoms with E-state index in [9.17, 15) is 22.4 Å². The van der Waals surface area contributed by atoms with Gasteiger partial charge in [0.2, 0.25) is 21.8 Å². The summed E-state index contributed by atoms with van der Waals surface area (Å²) < 4.78 is 39.9. The van der Waals surface area contributed by atoms with E-state index < -0.39 is 28.3 Å². The lowest BCUT2D eigenvalue weighted by atomic mass is 10.1. The Labute approximate surface area is 169 Å². The first-order valence-electron chi connectivity index (χ1n) is 9.04. The van der Waals surface area contributed by atoms with Gasteiger partial charge in [-0.1, -0.05) is 6.07 Å². The van der Waals surface area contributed by atoms with Gasteiger partial charge in [0.1, 0.15) is 5.82 Å². The third-order valence-electron chi connectivity index (χ3n) is 4.79. The first kappa shape index (κ1) is 20.9. The highest BCUT2D eigenvalue weighted by molar-refractivity contribution is 7.89. The van der Waals surface area contributed by atoms with Crippen molar-refractivity contribution in [2.45, 2.75) is 31.2 Å². The fourth-order valence-electron chi connectivity index (χ4n) is 3.48. The van der Waals surface area contributed by atoms with Crippen LogP contribution in [0, 0.1) is 5.82 Å². The first-order valence-corrected chi connectivity index (χ1v) is 10.5. The van der Waals surface area contributed by atoms with Crippen LogP contribution in [0.3, 0.4) is 0 Å². The van der Waals surface area contributed by atoms with E-state index in [1.807, 2.05) is 6.92 Å². The minimum atomic E-state index is -3.92. The third-order valence-corrected chi connectivity index (χ3v) is 6.59. The van der Waals surface area contributed by atoms with E-state index in [1.54, 1.807) is 17.0 Å². The summed E-state index contributed by atoms with van der Waals surface area (Å²) >= 11 is 0. The maximum atomic E-state index is 13.2. The van der Waals surface area contributed by atoms with Crippen LogP contribution >= 0.6 is 0 Å². The van der Waals surface area contributed by atoms with Crippen LogP contribution in [0.4, 0.5) is 15.8 Å². The van der Waals surface area contributed by atoms with E-state index in [1.165, 1.54) is 38.2 Å². The molecule has 0 saturated carbocycles. The van der Waals surface area contributed by atoms with Crippen molar-refractivity contribution < 1.29 is 22.4 Å². The van der Waals surface area contributed by atoms with Crippen LogP contribution in [0.25, 0.3) is 0 Å². The van der Waals surface area contributed by atoms with E-state index in [-0.39, 0.29) is 22.5 Å². The van der Waals surface area contributed by atoms with Gasteiger partial charge in [0.15, 0.2) is 0 Å². The van der Waals surface area contributed by atoms with Crippen molar-refractivity contribution in [3.05, 3.63) is 53.8 Å². The normalized spacial score (nSPS) is 16.0.